The van der Waals surface area contributed by atoms with E-state index in [1.165, 1.54) is 11.3 Å². The number of likely N-dealkylation sites (tertiary alicyclic amines) is 1. The van der Waals surface area contributed by atoms with Gasteiger partial charge in [0.15, 0.2) is 0 Å². The number of aliphatic carboxylic acids is 1. The van der Waals surface area contributed by atoms with Crippen LogP contribution in [0.25, 0.3) is 0 Å². The van der Waals surface area contributed by atoms with Crippen LogP contribution in [0.3, 0.4) is 0 Å². The van der Waals surface area contributed by atoms with E-state index in [-0.39, 0.29) is 18.2 Å². The van der Waals surface area contributed by atoms with Crippen LogP contribution in [0.1, 0.15) is 35.4 Å². The van der Waals surface area contributed by atoms with Crippen molar-refractivity contribution < 1.29 is 19.4 Å². The van der Waals surface area contributed by atoms with Crippen molar-refractivity contribution in [2.75, 3.05) is 20.2 Å². The average molecular weight is 297 g/mol. The molecule has 1 aliphatic heterocycles. The number of hydrogen-bond donors (Lipinski definition) is 1. The lowest BCUT2D eigenvalue weighted by Crippen LogP contribution is -2.39. The summed E-state index contributed by atoms with van der Waals surface area (Å²) in [4.78, 5) is 25.6. The van der Waals surface area contributed by atoms with Gasteiger partial charge in [0.05, 0.1) is 7.11 Å². The third-order valence-electron chi connectivity index (χ3n) is 3.62. The summed E-state index contributed by atoms with van der Waals surface area (Å²) in [5.41, 5.74) is 0. The van der Waals surface area contributed by atoms with E-state index >= 15 is 0 Å². The SMILES string of the molecule is COc1ccsc1C(=O)N1CCCC(CCC(=O)O)C1. The van der Waals surface area contributed by atoms with Gasteiger partial charge < -0.3 is 14.7 Å². The molecule has 1 fully saturated rings. The maximum absolute atomic E-state index is 12.5. The Morgan fingerprint density at radius 2 is 2.35 bits per heavy atom. The van der Waals surface area contributed by atoms with Gasteiger partial charge in [-0.25, -0.2) is 0 Å². The van der Waals surface area contributed by atoms with Crippen molar-refractivity contribution in [3.05, 3.63) is 16.3 Å². The van der Waals surface area contributed by atoms with Gasteiger partial charge in [0.25, 0.3) is 5.91 Å². The second-order valence-corrected chi connectivity index (χ2v) is 5.93. The fourth-order valence-electron chi connectivity index (χ4n) is 2.57. The normalized spacial score (nSPS) is 18.9. The molecule has 2 rings (SSSR count). The van der Waals surface area contributed by atoms with Gasteiger partial charge in [0, 0.05) is 19.5 Å². The number of thiophene rings is 1. The van der Waals surface area contributed by atoms with Crippen LogP contribution in [0.4, 0.5) is 0 Å². The summed E-state index contributed by atoms with van der Waals surface area (Å²) in [5, 5.41) is 10.6. The van der Waals surface area contributed by atoms with Crippen molar-refractivity contribution in [2.45, 2.75) is 25.7 Å². The first-order valence-corrected chi connectivity index (χ1v) is 7.62. The van der Waals surface area contributed by atoms with Crippen molar-refractivity contribution in [2.24, 2.45) is 5.92 Å². The lowest BCUT2D eigenvalue weighted by Gasteiger charge is -2.32. The van der Waals surface area contributed by atoms with Crippen LogP contribution in [0.15, 0.2) is 11.4 Å². The first-order valence-electron chi connectivity index (χ1n) is 6.74. The van der Waals surface area contributed by atoms with Crippen molar-refractivity contribution >= 4 is 23.2 Å². The minimum Gasteiger partial charge on any atom is -0.495 e. The summed E-state index contributed by atoms with van der Waals surface area (Å²) in [6.07, 6.45) is 2.75. The number of amides is 1. The molecule has 6 heteroatoms. The maximum Gasteiger partial charge on any atom is 0.303 e. The molecule has 0 aromatic carbocycles. The van der Waals surface area contributed by atoms with E-state index in [1.54, 1.807) is 13.2 Å². The van der Waals surface area contributed by atoms with Crippen LogP contribution in [-0.2, 0) is 4.79 Å². The van der Waals surface area contributed by atoms with Crippen LogP contribution in [0, 0.1) is 5.92 Å². The molecular weight excluding hydrogens is 278 g/mol. The molecule has 0 aliphatic carbocycles. The van der Waals surface area contributed by atoms with Crippen LogP contribution in [0.2, 0.25) is 0 Å². The first-order chi connectivity index (χ1) is 9.61. The number of carboxylic acids is 1. The molecule has 1 aromatic heterocycles. The van der Waals surface area contributed by atoms with Gasteiger partial charge >= 0.3 is 5.97 Å². The van der Waals surface area contributed by atoms with Gasteiger partial charge in [-0.3, -0.25) is 9.59 Å². The van der Waals surface area contributed by atoms with E-state index in [1.807, 2.05) is 10.3 Å². The molecule has 110 valence electrons. The van der Waals surface area contributed by atoms with E-state index in [0.717, 1.165) is 19.4 Å². The molecule has 1 aliphatic rings. The van der Waals surface area contributed by atoms with E-state index < -0.39 is 5.97 Å². The minimum atomic E-state index is -0.770. The summed E-state index contributed by atoms with van der Waals surface area (Å²) in [6.45, 7) is 1.39. The monoisotopic (exact) mass is 297 g/mol. The second kappa shape index (κ2) is 6.74. The Balaban J connectivity index is 1.98. The van der Waals surface area contributed by atoms with Gasteiger partial charge in [-0.05, 0) is 36.6 Å². The first kappa shape index (κ1) is 14.8. The van der Waals surface area contributed by atoms with Crippen LogP contribution in [-0.4, -0.2) is 42.1 Å². The summed E-state index contributed by atoms with van der Waals surface area (Å²) in [6, 6.07) is 1.80. The highest BCUT2D eigenvalue weighted by Gasteiger charge is 2.27. The summed E-state index contributed by atoms with van der Waals surface area (Å²) in [5.74, 6) is 0.132. The lowest BCUT2D eigenvalue weighted by molar-refractivity contribution is -0.137. The predicted molar refractivity (Wildman–Crippen MR) is 76.4 cm³/mol. The van der Waals surface area contributed by atoms with Gasteiger partial charge in [0.1, 0.15) is 10.6 Å². The predicted octanol–water partition coefficient (Wildman–Crippen LogP) is 2.47. The number of nitrogens with zero attached hydrogens (tertiary/aromatic N) is 1. The zero-order chi connectivity index (χ0) is 14.5. The zero-order valence-electron chi connectivity index (χ0n) is 11.5. The topological polar surface area (TPSA) is 66.8 Å². The van der Waals surface area contributed by atoms with Gasteiger partial charge in [-0.15, -0.1) is 11.3 Å². The number of ether oxygens (including phenoxy) is 1. The Hall–Kier alpha value is -1.56. The van der Waals surface area contributed by atoms with E-state index in [4.69, 9.17) is 9.84 Å². The van der Waals surface area contributed by atoms with Crippen molar-refractivity contribution in [3.63, 3.8) is 0 Å². The minimum absolute atomic E-state index is 0.00289. The number of piperidine rings is 1. The Morgan fingerprint density at radius 1 is 1.55 bits per heavy atom. The molecule has 0 bridgehead atoms. The quantitative estimate of drug-likeness (QED) is 0.906. The second-order valence-electron chi connectivity index (χ2n) is 5.01. The van der Waals surface area contributed by atoms with E-state index in [0.29, 0.717) is 23.6 Å². The number of carbonyl (C=O) groups excluding carboxylic acids is 1. The molecule has 1 aromatic rings. The van der Waals surface area contributed by atoms with Crippen LogP contribution >= 0.6 is 11.3 Å². The third kappa shape index (κ3) is 3.50. The summed E-state index contributed by atoms with van der Waals surface area (Å²) < 4.78 is 5.19. The van der Waals surface area contributed by atoms with E-state index in [2.05, 4.69) is 0 Å². The Morgan fingerprint density at radius 3 is 3.05 bits per heavy atom. The Bertz CT molecular complexity index is 485. The summed E-state index contributed by atoms with van der Waals surface area (Å²) in [7, 11) is 1.56. The molecule has 20 heavy (non-hydrogen) atoms. The van der Waals surface area contributed by atoms with Crippen molar-refractivity contribution in [1.82, 2.24) is 4.90 Å². The molecule has 0 saturated carbocycles. The van der Waals surface area contributed by atoms with Crippen LogP contribution in [0.5, 0.6) is 5.75 Å². The van der Waals surface area contributed by atoms with Gasteiger partial charge in [-0.2, -0.15) is 0 Å². The zero-order valence-corrected chi connectivity index (χ0v) is 12.3. The fraction of sp³-hybridized carbons (Fsp3) is 0.571. The molecule has 2 heterocycles. The fourth-order valence-corrected chi connectivity index (χ4v) is 3.40. The molecule has 0 spiro atoms. The highest BCUT2D eigenvalue weighted by molar-refractivity contribution is 7.12. The number of rotatable bonds is 5. The number of hydrogen-bond acceptors (Lipinski definition) is 4. The van der Waals surface area contributed by atoms with Crippen molar-refractivity contribution in [3.8, 4) is 5.75 Å². The standard InChI is InChI=1S/C14H19NO4S/c1-19-11-6-8-20-13(11)14(18)15-7-2-3-10(9-15)4-5-12(16)17/h6,8,10H,2-5,7,9H2,1H3,(H,16,17). The largest absolute Gasteiger partial charge is 0.495 e. The summed E-state index contributed by atoms with van der Waals surface area (Å²) >= 11 is 1.39. The average Bonchev–Trinajstić information content (AvgIpc) is 2.93. The van der Waals surface area contributed by atoms with Crippen molar-refractivity contribution in [1.29, 1.82) is 0 Å². The van der Waals surface area contributed by atoms with Gasteiger partial charge in [-0.1, -0.05) is 0 Å². The molecule has 1 N–H and O–H groups in total. The molecule has 1 saturated heterocycles. The molecular formula is C14H19NO4S. The molecule has 5 nitrogen and oxygen atoms in total. The molecule has 1 atom stereocenters. The highest BCUT2D eigenvalue weighted by atomic mass is 32.1. The number of carbonyl (C=O) groups is 2. The molecule has 1 unspecified atom stereocenters. The van der Waals surface area contributed by atoms with Gasteiger partial charge in [0.2, 0.25) is 0 Å². The third-order valence-corrected chi connectivity index (χ3v) is 4.50. The number of carboxylic acid groups (broad SMARTS) is 1. The van der Waals surface area contributed by atoms with Crippen LogP contribution < -0.4 is 4.74 Å². The maximum atomic E-state index is 12.5. The lowest BCUT2D eigenvalue weighted by atomic mass is 9.93. The Kier molecular flexibility index (Phi) is 5.00. The molecule has 0 radical (unpaired) electrons. The molecule has 1 amide bonds. The van der Waals surface area contributed by atoms with E-state index in [9.17, 15) is 9.59 Å². The smallest absolute Gasteiger partial charge is 0.303 e. The highest BCUT2D eigenvalue weighted by Crippen LogP contribution is 2.28. The number of methoxy groups -OCH3 is 1. The Labute approximate surface area is 122 Å².